The zero-order chi connectivity index (χ0) is 23.8. The first kappa shape index (κ1) is 24.1. The second-order valence-corrected chi connectivity index (χ2v) is 7.87. The Morgan fingerprint density at radius 1 is 0.970 bits per heavy atom. The van der Waals surface area contributed by atoms with Crippen molar-refractivity contribution in [2.75, 3.05) is 26.0 Å². The first-order valence-electron chi connectivity index (χ1n) is 10.6. The van der Waals surface area contributed by atoms with Crippen molar-refractivity contribution in [2.24, 2.45) is 0 Å². The zero-order valence-corrected chi connectivity index (χ0v) is 19.7. The monoisotopic (exact) mass is 466 g/mol. The maximum absolute atomic E-state index is 12.9. The van der Waals surface area contributed by atoms with E-state index in [0.717, 1.165) is 23.2 Å². The molecule has 0 atom stereocenters. The smallest absolute Gasteiger partial charge is 0.254 e. The number of aryl methyl sites for hydroxylation is 1. The van der Waals surface area contributed by atoms with Crippen LogP contribution in [0.15, 0.2) is 66.7 Å². The Labute approximate surface area is 199 Å². The van der Waals surface area contributed by atoms with Crippen molar-refractivity contribution in [3.63, 3.8) is 0 Å². The molecule has 0 spiro atoms. The maximum atomic E-state index is 12.9. The van der Waals surface area contributed by atoms with Gasteiger partial charge < -0.3 is 19.7 Å². The highest BCUT2D eigenvalue weighted by Gasteiger charge is 2.18. The van der Waals surface area contributed by atoms with Crippen LogP contribution >= 0.6 is 11.6 Å². The Morgan fingerprint density at radius 3 is 2.36 bits per heavy atom. The van der Waals surface area contributed by atoms with Crippen LogP contribution in [0, 0.1) is 0 Å². The fourth-order valence-electron chi connectivity index (χ4n) is 3.34. The Kier molecular flexibility index (Phi) is 8.33. The molecule has 0 saturated heterocycles. The molecule has 3 rings (SSSR count). The van der Waals surface area contributed by atoms with Crippen molar-refractivity contribution < 1.29 is 19.1 Å². The fraction of sp³-hybridized carbons (Fsp3) is 0.231. The lowest BCUT2D eigenvalue weighted by molar-refractivity contribution is -0.116. The molecule has 3 aromatic carbocycles. The lowest BCUT2D eigenvalue weighted by atomic mass is 10.1. The molecule has 6 nitrogen and oxygen atoms in total. The number of halogens is 1. The number of para-hydroxylation sites is 1. The molecule has 0 saturated carbocycles. The molecule has 0 heterocycles. The number of nitrogens with one attached hydrogen (secondary N) is 1. The molecular weight excluding hydrogens is 440 g/mol. The van der Waals surface area contributed by atoms with Crippen LogP contribution in [0.4, 0.5) is 5.69 Å². The SMILES string of the molecule is CCc1ccccc1NC(=O)CN(C)C(=O)c1ccc(OCc2ccccc2Cl)c(OC)c1. The van der Waals surface area contributed by atoms with Gasteiger partial charge in [0.1, 0.15) is 6.61 Å². The number of hydrogen-bond acceptors (Lipinski definition) is 4. The second kappa shape index (κ2) is 11.4. The number of rotatable bonds is 9. The van der Waals surface area contributed by atoms with Crippen LogP contribution in [-0.2, 0) is 17.8 Å². The summed E-state index contributed by atoms with van der Waals surface area (Å²) in [4.78, 5) is 26.7. The van der Waals surface area contributed by atoms with E-state index in [9.17, 15) is 9.59 Å². The number of benzene rings is 3. The van der Waals surface area contributed by atoms with Gasteiger partial charge in [-0.15, -0.1) is 0 Å². The number of ether oxygens (including phenoxy) is 2. The Bertz CT molecular complexity index is 1130. The van der Waals surface area contributed by atoms with E-state index in [0.29, 0.717) is 22.1 Å². The molecule has 0 bridgehead atoms. The van der Waals surface area contributed by atoms with E-state index in [2.05, 4.69) is 5.32 Å². The molecule has 2 amide bonds. The molecule has 1 N–H and O–H groups in total. The van der Waals surface area contributed by atoms with Crippen LogP contribution in [0.2, 0.25) is 5.02 Å². The van der Waals surface area contributed by atoms with Gasteiger partial charge in [-0.1, -0.05) is 54.9 Å². The van der Waals surface area contributed by atoms with Gasteiger partial charge >= 0.3 is 0 Å². The third kappa shape index (κ3) is 6.26. The Hall–Kier alpha value is -3.51. The highest BCUT2D eigenvalue weighted by atomic mass is 35.5. The summed E-state index contributed by atoms with van der Waals surface area (Å²) in [5.41, 5.74) is 3.03. The van der Waals surface area contributed by atoms with Crippen molar-refractivity contribution in [2.45, 2.75) is 20.0 Å². The molecule has 0 aliphatic carbocycles. The van der Waals surface area contributed by atoms with E-state index in [1.807, 2.05) is 49.4 Å². The Balaban J connectivity index is 1.65. The van der Waals surface area contributed by atoms with Crippen LogP contribution in [0.1, 0.15) is 28.4 Å². The van der Waals surface area contributed by atoms with E-state index in [4.69, 9.17) is 21.1 Å². The summed E-state index contributed by atoms with van der Waals surface area (Å²) in [6, 6.07) is 20.0. The minimum Gasteiger partial charge on any atom is -0.493 e. The van der Waals surface area contributed by atoms with Gasteiger partial charge in [0.2, 0.25) is 5.91 Å². The van der Waals surface area contributed by atoms with Crippen molar-refractivity contribution in [3.8, 4) is 11.5 Å². The molecule has 0 radical (unpaired) electrons. The number of amides is 2. The molecule has 7 heteroatoms. The van der Waals surface area contributed by atoms with Crippen LogP contribution in [0.5, 0.6) is 11.5 Å². The van der Waals surface area contributed by atoms with E-state index < -0.39 is 0 Å². The average molecular weight is 467 g/mol. The summed E-state index contributed by atoms with van der Waals surface area (Å²) in [5.74, 6) is 0.344. The summed E-state index contributed by atoms with van der Waals surface area (Å²) in [5, 5.41) is 3.49. The number of carbonyl (C=O) groups is 2. The number of anilines is 1. The number of likely N-dealkylation sites (N-methyl/N-ethyl adjacent to an activating group) is 1. The summed E-state index contributed by atoms with van der Waals surface area (Å²) in [6.07, 6.45) is 0.802. The molecule has 0 aromatic heterocycles. The van der Waals surface area contributed by atoms with E-state index >= 15 is 0 Å². The number of hydrogen-bond donors (Lipinski definition) is 1. The predicted molar refractivity (Wildman–Crippen MR) is 130 cm³/mol. The van der Waals surface area contributed by atoms with Crippen LogP contribution < -0.4 is 14.8 Å². The highest BCUT2D eigenvalue weighted by Crippen LogP contribution is 2.30. The zero-order valence-electron chi connectivity index (χ0n) is 18.9. The van der Waals surface area contributed by atoms with Crippen LogP contribution in [0.3, 0.4) is 0 Å². The highest BCUT2D eigenvalue weighted by molar-refractivity contribution is 6.31. The number of nitrogens with zero attached hydrogens (tertiary/aromatic N) is 1. The first-order chi connectivity index (χ1) is 15.9. The van der Waals surface area contributed by atoms with Gasteiger partial charge in [-0.2, -0.15) is 0 Å². The van der Waals surface area contributed by atoms with Crippen molar-refractivity contribution >= 4 is 29.1 Å². The topological polar surface area (TPSA) is 67.9 Å². The fourth-order valence-corrected chi connectivity index (χ4v) is 3.53. The lowest BCUT2D eigenvalue weighted by Crippen LogP contribution is -2.35. The van der Waals surface area contributed by atoms with Gasteiger partial charge in [-0.05, 0) is 42.3 Å². The summed E-state index contributed by atoms with van der Waals surface area (Å²) < 4.78 is 11.3. The molecule has 0 unspecified atom stereocenters. The van der Waals surface area contributed by atoms with E-state index in [1.54, 1.807) is 31.3 Å². The molecule has 0 fully saturated rings. The maximum Gasteiger partial charge on any atom is 0.254 e. The summed E-state index contributed by atoms with van der Waals surface area (Å²) >= 11 is 6.18. The third-order valence-corrected chi connectivity index (χ3v) is 5.52. The van der Waals surface area contributed by atoms with Crippen molar-refractivity contribution in [1.82, 2.24) is 4.90 Å². The molecular formula is C26H27ClN2O4. The van der Waals surface area contributed by atoms with Crippen molar-refractivity contribution in [3.05, 3.63) is 88.4 Å². The molecule has 172 valence electrons. The molecule has 33 heavy (non-hydrogen) atoms. The summed E-state index contributed by atoms with van der Waals surface area (Å²) in [7, 11) is 3.09. The number of methoxy groups -OCH3 is 1. The normalized spacial score (nSPS) is 10.4. The summed E-state index contributed by atoms with van der Waals surface area (Å²) in [6.45, 7) is 2.21. The van der Waals surface area contributed by atoms with Crippen molar-refractivity contribution in [1.29, 1.82) is 0 Å². The third-order valence-electron chi connectivity index (χ3n) is 5.15. The Morgan fingerprint density at radius 2 is 1.67 bits per heavy atom. The first-order valence-corrected chi connectivity index (χ1v) is 11.0. The standard InChI is InChI=1S/C26H27ClN2O4/c1-4-18-9-6-8-12-22(18)28-25(30)16-29(2)26(31)19-13-14-23(24(15-19)32-3)33-17-20-10-5-7-11-21(20)27/h5-15H,4,16-17H2,1-3H3,(H,28,30). The van der Waals surface area contributed by atoms with Gasteiger partial charge in [0.25, 0.3) is 5.91 Å². The lowest BCUT2D eigenvalue weighted by Gasteiger charge is -2.19. The molecule has 0 aliphatic heterocycles. The van der Waals surface area contributed by atoms with Gasteiger partial charge in [0.15, 0.2) is 11.5 Å². The van der Waals surface area contributed by atoms with Gasteiger partial charge in [-0.25, -0.2) is 0 Å². The van der Waals surface area contributed by atoms with E-state index in [1.165, 1.54) is 12.0 Å². The van der Waals surface area contributed by atoms with Gasteiger partial charge in [0, 0.05) is 28.9 Å². The van der Waals surface area contributed by atoms with Crippen LogP contribution in [0.25, 0.3) is 0 Å². The number of carbonyl (C=O) groups excluding carboxylic acids is 2. The van der Waals surface area contributed by atoms with Gasteiger partial charge in [-0.3, -0.25) is 9.59 Å². The predicted octanol–water partition coefficient (Wildman–Crippen LogP) is 5.20. The quantitative estimate of drug-likeness (QED) is 0.470. The largest absolute Gasteiger partial charge is 0.493 e. The van der Waals surface area contributed by atoms with Gasteiger partial charge in [0.05, 0.1) is 13.7 Å². The minimum absolute atomic E-state index is 0.0794. The average Bonchev–Trinajstić information content (AvgIpc) is 2.83. The van der Waals surface area contributed by atoms with E-state index in [-0.39, 0.29) is 25.0 Å². The van der Waals surface area contributed by atoms with Crippen LogP contribution in [-0.4, -0.2) is 37.4 Å². The second-order valence-electron chi connectivity index (χ2n) is 7.47. The molecule has 0 aliphatic rings. The minimum atomic E-state index is -0.301. The molecule has 3 aromatic rings.